The van der Waals surface area contributed by atoms with Gasteiger partial charge in [0.2, 0.25) is 0 Å². The van der Waals surface area contributed by atoms with E-state index < -0.39 is 18.4 Å². The highest BCUT2D eigenvalue weighted by molar-refractivity contribution is 4.86. The maximum Gasteiger partial charge on any atom is 0.180 e. The lowest BCUT2D eigenvalue weighted by Crippen LogP contribution is -2.30. The number of ether oxygens (including phenoxy) is 1. The molecule has 13 heavy (non-hydrogen) atoms. The van der Waals surface area contributed by atoms with Crippen LogP contribution in [0, 0.1) is 0 Å². The van der Waals surface area contributed by atoms with Crippen LogP contribution < -0.4 is 0 Å². The summed E-state index contributed by atoms with van der Waals surface area (Å²) in [6, 6.07) is 0. The van der Waals surface area contributed by atoms with Crippen LogP contribution in [0.15, 0.2) is 12.7 Å². The van der Waals surface area contributed by atoms with Crippen molar-refractivity contribution in [3.63, 3.8) is 0 Å². The molecular formula is C7H11N3O3. The van der Waals surface area contributed by atoms with Gasteiger partial charge in [0.05, 0.1) is 6.10 Å². The minimum atomic E-state index is -0.948. The molecule has 1 aliphatic heterocycles. The van der Waals surface area contributed by atoms with Gasteiger partial charge in [-0.2, -0.15) is 5.10 Å². The molecule has 72 valence electrons. The molecule has 2 rings (SSSR count). The largest absolute Gasteiger partial charge is 0.388 e. The Morgan fingerprint density at radius 2 is 2.15 bits per heavy atom. The molecule has 6 nitrogen and oxygen atoms in total. The van der Waals surface area contributed by atoms with Crippen LogP contribution in [0.4, 0.5) is 0 Å². The number of aliphatic hydroxyl groups excluding tert-OH is 2. The topological polar surface area (TPSA) is 80.4 Å². The van der Waals surface area contributed by atoms with E-state index in [0.29, 0.717) is 0 Å². The van der Waals surface area contributed by atoms with E-state index in [1.54, 1.807) is 6.92 Å². The van der Waals surface area contributed by atoms with Gasteiger partial charge in [-0.15, -0.1) is 0 Å². The van der Waals surface area contributed by atoms with Crippen LogP contribution >= 0.6 is 0 Å². The van der Waals surface area contributed by atoms with Crippen LogP contribution in [-0.4, -0.2) is 43.3 Å². The first kappa shape index (κ1) is 8.61. The van der Waals surface area contributed by atoms with Crippen LogP contribution in [0.5, 0.6) is 0 Å². The first-order valence-corrected chi connectivity index (χ1v) is 4.06. The minimum absolute atomic E-state index is 0.385. The molecule has 0 saturated carbocycles. The van der Waals surface area contributed by atoms with Crippen molar-refractivity contribution in [1.82, 2.24) is 14.8 Å². The molecule has 0 bridgehead atoms. The molecule has 2 heterocycles. The number of nitrogens with zero attached hydrogens (tertiary/aromatic N) is 3. The summed E-state index contributed by atoms with van der Waals surface area (Å²) in [5.41, 5.74) is 0. The van der Waals surface area contributed by atoms with Crippen molar-refractivity contribution in [3.8, 4) is 0 Å². The Bertz CT molecular complexity index is 277. The number of hydrogen-bond acceptors (Lipinski definition) is 5. The van der Waals surface area contributed by atoms with Gasteiger partial charge in [-0.25, -0.2) is 9.67 Å². The van der Waals surface area contributed by atoms with Crippen LogP contribution in [0.3, 0.4) is 0 Å². The van der Waals surface area contributed by atoms with Gasteiger partial charge in [0.25, 0.3) is 0 Å². The summed E-state index contributed by atoms with van der Waals surface area (Å²) in [6.45, 7) is 1.70. The quantitative estimate of drug-likeness (QED) is 0.581. The summed E-state index contributed by atoms with van der Waals surface area (Å²) in [7, 11) is 0. The monoisotopic (exact) mass is 185 g/mol. The van der Waals surface area contributed by atoms with Gasteiger partial charge in [-0.3, -0.25) is 0 Å². The maximum atomic E-state index is 9.54. The Hall–Kier alpha value is -0.980. The SMILES string of the molecule is C[C@H]1O[C@@H](n2cncn2)[C@H](O)[C@@H]1O. The molecule has 6 heteroatoms. The van der Waals surface area contributed by atoms with E-state index in [-0.39, 0.29) is 6.10 Å². The van der Waals surface area contributed by atoms with E-state index in [0.717, 1.165) is 0 Å². The average molecular weight is 185 g/mol. The molecule has 2 N–H and O–H groups in total. The first-order chi connectivity index (χ1) is 6.20. The Kier molecular flexibility index (Phi) is 2.03. The van der Waals surface area contributed by atoms with E-state index in [4.69, 9.17) is 4.74 Å². The Morgan fingerprint density at radius 3 is 2.62 bits per heavy atom. The van der Waals surface area contributed by atoms with Crippen molar-refractivity contribution in [2.24, 2.45) is 0 Å². The molecule has 1 aliphatic rings. The van der Waals surface area contributed by atoms with E-state index in [9.17, 15) is 10.2 Å². The van der Waals surface area contributed by atoms with Crippen molar-refractivity contribution in [2.45, 2.75) is 31.5 Å². The summed E-state index contributed by atoms with van der Waals surface area (Å²) in [6.07, 6.45) is -0.0352. The maximum absolute atomic E-state index is 9.54. The molecule has 4 atom stereocenters. The highest BCUT2D eigenvalue weighted by Gasteiger charge is 2.41. The molecule has 1 aromatic heterocycles. The van der Waals surface area contributed by atoms with E-state index >= 15 is 0 Å². The third-order valence-corrected chi connectivity index (χ3v) is 2.17. The lowest BCUT2D eigenvalue weighted by Gasteiger charge is -2.13. The summed E-state index contributed by atoms with van der Waals surface area (Å²) < 4.78 is 6.68. The Labute approximate surface area is 74.8 Å². The van der Waals surface area contributed by atoms with Gasteiger partial charge in [-0.1, -0.05) is 0 Å². The van der Waals surface area contributed by atoms with E-state index in [2.05, 4.69) is 10.1 Å². The van der Waals surface area contributed by atoms with Crippen LogP contribution in [0.25, 0.3) is 0 Å². The van der Waals surface area contributed by atoms with Crippen molar-refractivity contribution in [2.75, 3.05) is 0 Å². The van der Waals surface area contributed by atoms with Crippen molar-refractivity contribution < 1.29 is 14.9 Å². The standard InChI is InChI=1S/C7H11N3O3/c1-4-5(11)6(12)7(13-4)10-3-8-2-9-10/h2-7,11-12H,1H3/t4-,5-,6-,7-/m1/s1. The highest BCUT2D eigenvalue weighted by atomic mass is 16.6. The minimum Gasteiger partial charge on any atom is -0.388 e. The van der Waals surface area contributed by atoms with Gasteiger partial charge in [0, 0.05) is 0 Å². The van der Waals surface area contributed by atoms with Crippen molar-refractivity contribution >= 4 is 0 Å². The van der Waals surface area contributed by atoms with Gasteiger partial charge in [-0.05, 0) is 6.92 Å². The molecule has 0 amide bonds. The zero-order valence-corrected chi connectivity index (χ0v) is 7.11. The summed E-state index contributed by atoms with van der Waals surface area (Å²) in [5, 5.41) is 22.8. The number of aromatic nitrogens is 3. The molecule has 1 fully saturated rings. The fourth-order valence-corrected chi connectivity index (χ4v) is 1.39. The lowest BCUT2D eigenvalue weighted by molar-refractivity contribution is -0.0399. The van der Waals surface area contributed by atoms with Gasteiger partial charge < -0.3 is 14.9 Å². The molecule has 0 spiro atoms. The fourth-order valence-electron chi connectivity index (χ4n) is 1.39. The Balaban J connectivity index is 2.19. The van der Waals surface area contributed by atoms with E-state index in [1.165, 1.54) is 17.3 Å². The second kappa shape index (κ2) is 3.06. The van der Waals surface area contributed by atoms with Crippen molar-refractivity contribution in [1.29, 1.82) is 0 Å². The summed E-state index contributed by atoms with van der Waals surface area (Å²) in [5.74, 6) is 0. The first-order valence-electron chi connectivity index (χ1n) is 4.06. The van der Waals surface area contributed by atoms with Crippen LogP contribution in [0.1, 0.15) is 13.2 Å². The third-order valence-electron chi connectivity index (χ3n) is 2.17. The predicted molar refractivity (Wildman–Crippen MR) is 41.6 cm³/mol. The molecule has 0 radical (unpaired) electrons. The average Bonchev–Trinajstić information content (AvgIpc) is 2.70. The molecular weight excluding hydrogens is 174 g/mol. The fraction of sp³-hybridized carbons (Fsp3) is 0.714. The van der Waals surface area contributed by atoms with E-state index in [1.807, 2.05) is 0 Å². The van der Waals surface area contributed by atoms with Crippen LogP contribution in [0.2, 0.25) is 0 Å². The van der Waals surface area contributed by atoms with Gasteiger partial charge in [0.15, 0.2) is 6.23 Å². The van der Waals surface area contributed by atoms with Gasteiger partial charge in [0.1, 0.15) is 24.9 Å². The molecule has 1 aromatic rings. The summed E-state index contributed by atoms with van der Waals surface area (Å²) >= 11 is 0. The second-order valence-electron chi connectivity index (χ2n) is 3.09. The molecule has 0 aromatic carbocycles. The zero-order valence-electron chi connectivity index (χ0n) is 7.11. The zero-order chi connectivity index (χ0) is 9.42. The smallest absolute Gasteiger partial charge is 0.180 e. The highest BCUT2D eigenvalue weighted by Crippen LogP contribution is 2.27. The molecule has 0 unspecified atom stereocenters. The van der Waals surface area contributed by atoms with Gasteiger partial charge >= 0.3 is 0 Å². The lowest BCUT2D eigenvalue weighted by atomic mass is 10.1. The third kappa shape index (κ3) is 1.32. The Morgan fingerprint density at radius 1 is 1.38 bits per heavy atom. The van der Waals surface area contributed by atoms with Crippen LogP contribution in [-0.2, 0) is 4.74 Å². The predicted octanol–water partition coefficient (Wildman–Crippen LogP) is -1.08. The van der Waals surface area contributed by atoms with Crippen molar-refractivity contribution in [3.05, 3.63) is 12.7 Å². The number of hydrogen-bond donors (Lipinski definition) is 2. The number of aliphatic hydroxyl groups is 2. The summed E-state index contributed by atoms with van der Waals surface area (Å²) in [4.78, 5) is 3.73. The second-order valence-corrected chi connectivity index (χ2v) is 3.09. The molecule has 0 aliphatic carbocycles. The number of rotatable bonds is 1. The normalized spacial score (nSPS) is 39.6. The molecule has 1 saturated heterocycles.